The molecular formula is C27H28ClF3N4OS. The molecule has 1 aliphatic rings. The molecule has 2 aromatic heterocycles. The fraction of sp³-hybridized carbons (Fsp3) is 0.333. The van der Waals surface area contributed by atoms with Crippen molar-refractivity contribution in [2.45, 2.75) is 56.9 Å². The van der Waals surface area contributed by atoms with Crippen molar-refractivity contribution in [3.63, 3.8) is 0 Å². The first kappa shape index (κ1) is 27.2. The van der Waals surface area contributed by atoms with Crippen LogP contribution in [0.25, 0.3) is 10.2 Å². The molecule has 5 rings (SSSR count). The molecule has 37 heavy (non-hydrogen) atoms. The zero-order valence-corrected chi connectivity index (χ0v) is 21.6. The van der Waals surface area contributed by atoms with E-state index in [0.29, 0.717) is 22.1 Å². The van der Waals surface area contributed by atoms with Gasteiger partial charge in [0.1, 0.15) is 28.5 Å². The molecule has 0 amide bonds. The lowest BCUT2D eigenvalue weighted by Gasteiger charge is -2.31. The third-order valence-electron chi connectivity index (χ3n) is 6.27. The Morgan fingerprint density at radius 3 is 2.43 bits per heavy atom. The SMILES string of the molecule is Cl.FC(F)(F)Cc1cc2c(N[C@@H]3CCC[C@H](NCc4ccc(Oc5ccccc5)cc4)C3)ncnc2s1. The number of rotatable bonds is 8. The van der Waals surface area contributed by atoms with Gasteiger partial charge in [0.15, 0.2) is 0 Å². The molecule has 0 radical (unpaired) electrons. The van der Waals surface area contributed by atoms with Crippen molar-refractivity contribution in [2.24, 2.45) is 0 Å². The van der Waals surface area contributed by atoms with Gasteiger partial charge in [-0.1, -0.05) is 30.3 Å². The summed E-state index contributed by atoms with van der Waals surface area (Å²) < 4.78 is 44.4. The van der Waals surface area contributed by atoms with Crippen LogP contribution in [0.3, 0.4) is 0 Å². The Bertz CT molecular complexity index is 1280. The second-order valence-electron chi connectivity index (χ2n) is 9.09. The first-order valence-corrected chi connectivity index (χ1v) is 12.8. The van der Waals surface area contributed by atoms with E-state index in [1.54, 1.807) is 6.07 Å². The minimum absolute atomic E-state index is 0. The van der Waals surface area contributed by atoms with Crippen LogP contribution in [0.4, 0.5) is 19.0 Å². The van der Waals surface area contributed by atoms with Gasteiger partial charge in [-0.05, 0) is 61.6 Å². The molecule has 2 atom stereocenters. The van der Waals surface area contributed by atoms with Crippen molar-refractivity contribution in [3.05, 3.63) is 77.4 Å². The Kier molecular flexibility index (Phi) is 8.89. The van der Waals surface area contributed by atoms with Gasteiger partial charge in [0.25, 0.3) is 0 Å². The summed E-state index contributed by atoms with van der Waals surface area (Å²) in [7, 11) is 0. The normalized spacial score (nSPS) is 17.8. The molecule has 1 saturated carbocycles. The van der Waals surface area contributed by atoms with E-state index in [0.717, 1.165) is 55.1 Å². The van der Waals surface area contributed by atoms with Gasteiger partial charge in [-0.3, -0.25) is 0 Å². The minimum Gasteiger partial charge on any atom is -0.457 e. The maximum atomic E-state index is 12.8. The van der Waals surface area contributed by atoms with Crippen molar-refractivity contribution < 1.29 is 17.9 Å². The average Bonchev–Trinajstić information content (AvgIpc) is 3.26. The van der Waals surface area contributed by atoms with Gasteiger partial charge in [0.2, 0.25) is 0 Å². The van der Waals surface area contributed by atoms with Crippen LogP contribution in [0.2, 0.25) is 0 Å². The largest absolute Gasteiger partial charge is 0.457 e. The molecule has 196 valence electrons. The van der Waals surface area contributed by atoms with E-state index in [1.807, 2.05) is 42.5 Å². The van der Waals surface area contributed by atoms with Gasteiger partial charge in [0.05, 0.1) is 11.8 Å². The second-order valence-corrected chi connectivity index (χ2v) is 10.2. The van der Waals surface area contributed by atoms with Crippen LogP contribution in [-0.4, -0.2) is 28.2 Å². The fourth-order valence-electron chi connectivity index (χ4n) is 4.57. The molecule has 0 saturated heterocycles. The summed E-state index contributed by atoms with van der Waals surface area (Å²) in [6, 6.07) is 19.9. The number of ether oxygens (including phenoxy) is 1. The summed E-state index contributed by atoms with van der Waals surface area (Å²) in [4.78, 5) is 9.34. The Balaban J connectivity index is 0.00000320. The highest BCUT2D eigenvalue weighted by molar-refractivity contribution is 7.18. The highest BCUT2D eigenvalue weighted by atomic mass is 35.5. The van der Waals surface area contributed by atoms with E-state index < -0.39 is 12.6 Å². The predicted octanol–water partition coefficient (Wildman–Crippen LogP) is 7.52. The number of nitrogens with zero attached hydrogens (tertiary/aromatic N) is 2. The molecule has 2 aromatic carbocycles. The maximum absolute atomic E-state index is 12.8. The molecule has 5 nitrogen and oxygen atoms in total. The molecule has 4 aromatic rings. The average molecular weight is 549 g/mol. The smallest absolute Gasteiger partial charge is 0.393 e. The number of fused-ring (bicyclic) bond motifs is 1. The van der Waals surface area contributed by atoms with E-state index >= 15 is 0 Å². The summed E-state index contributed by atoms with van der Waals surface area (Å²) in [5.41, 5.74) is 1.18. The number of aromatic nitrogens is 2. The molecule has 2 N–H and O–H groups in total. The quantitative estimate of drug-likeness (QED) is 0.238. The Morgan fingerprint density at radius 2 is 1.68 bits per heavy atom. The maximum Gasteiger partial charge on any atom is 0.393 e. The van der Waals surface area contributed by atoms with E-state index in [4.69, 9.17) is 4.74 Å². The van der Waals surface area contributed by atoms with Crippen LogP contribution in [0.15, 0.2) is 67.0 Å². The number of benzene rings is 2. The van der Waals surface area contributed by atoms with Crippen LogP contribution in [0, 0.1) is 0 Å². The molecular weight excluding hydrogens is 521 g/mol. The van der Waals surface area contributed by atoms with Gasteiger partial charge in [-0.15, -0.1) is 23.7 Å². The molecule has 0 spiro atoms. The minimum atomic E-state index is -4.24. The van der Waals surface area contributed by atoms with Crippen molar-refractivity contribution in [3.8, 4) is 11.5 Å². The number of para-hydroxylation sites is 1. The van der Waals surface area contributed by atoms with Crippen LogP contribution in [-0.2, 0) is 13.0 Å². The number of nitrogens with one attached hydrogen (secondary N) is 2. The van der Waals surface area contributed by atoms with E-state index in [9.17, 15) is 13.2 Å². The van der Waals surface area contributed by atoms with Crippen molar-refractivity contribution >= 4 is 39.8 Å². The third-order valence-corrected chi connectivity index (χ3v) is 7.31. The van der Waals surface area contributed by atoms with Gasteiger partial charge in [0, 0.05) is 23.5 Å². The number of alkyl halides is 3. The van der Waals surface area contributed by atoms with Gasteiger partial charge in [-0.25, -0.2) is 9.97 Å². The lowest BCUT2D eigenvalue weighted by molar-refractivity contribution is -0.126. The summed E-state index contributed by atoms with van der Waals surface area (Å²) in [5.74, 6) is 2.23. The monoisotopic (exact) mass is 548 g/mol. The molecule has 1 fully saturated rings. The fourth-order valence-corrected chi connectivity index (χ4v) is 5.59. The van der Waals surface area contributed by atoms with Crippen LogP contribution >= 0.6 is 23.7 Å². The lowest BCUT2D eigenvalue weighted by atomic mass is 9.90. The number of halogens is 4. The summed E-state index contributed by atoms with van der Waals surface area (Å²) >= 11 is 1.08. The van der Waals surface area contributed by atoms with Gasteiger partial charge in [-0.2, -0.15) is 13.2 Å². The molecule has 1 aliphatic carbocycles. The molecule has 0 unspecified atom stereocenters. The van der Waals surface area contributed by atoms with Gasteiger partial charge < -0.3 is 15.4 Å². The highest BCUT2D eigenvalue weighted by Crippen LogP contribution is 2.33. The standard InChI is InChI=1S/C27H27F3N4OS.ClH/c28-27(29,30)15-23-14-24-25(32-17-33-26(24)36-23)34-20-6-4-5-19(13-20)31-16-18-9-11-22(12-10-18)35-21-7-2-1-3-8-21;/h1-3,7-12,14,17,19-20,31H,4-6,13,15-16H2,(H,32,33,34);1H/t19-,20+;/m0./s1. The van der Waals surface area contributed by atoms with Crippen molar-refractivity contribution in [1.29, 1.82) is 0 Å². The van der Waals surface area contributed by atoms with Crippen LogP contribution in [0.1, 0.15) is 36.1 Å². The number of anilines is 1. The highest BCUT2D eigenvalue weighted by Gasteiger charge is 2.29. The summed E-state index contributed by atoms with van der Waals surface area (Å²) in [6.07, 6.45) is 0.302. The van der Waals surface area contributed by atoms with E-state index in [-0.39, 0.29) is 23.3 Å². The van der Waals surface area contributed by atoms with Crippen LogP contribution in [0.5, 0.6) is 11.5 Å². The zero-order valence-electron chi connectivity index (χ0n) is 20.0. The molecule has 0 aliphatic heterocycles. The van der Waals surface area contributed by atoms with Gasteiger partial charge >= 0.3 is 6.18 Å². The second kappa shape index (κ2) is 12.1. The molecule has 10 heteroatoms. The Morgan fingerprint density at radius 1 is 0.946 bits per heavy atom. The number of hydrogen-bond donors (Lipinski definition) is 2. The predicted molar refractivity (Wildman–Crippen MR) is 144 cm³/mol. The van der Waals surface area contributed by atoms with E-state index in [1.165, 1.54) is 11.9 Å². The number of hydrogen-bond acceptors (Lipinski definition) is 6. The number of thiophene rings is 1. The lowest BCUT2D eigenvalue weighted by Crippen LogP contribution is -2.38. The first-order valence-electron chi connectivity index (χ1n) is 12.0. The topological polar surface area (TPSA) is 59.1 Å². The van der Waals surface area contributed by atoms with E-state index in [2.05, 4.69) is 32.7 Å². The zero-order chi connectivity index (χ0) is 25.0. The Labute approximate surface area is 223 Å². The van der Waals surface area contributed by atoms with Crippen molar-refractivity contribution in [1.82, 2.24) is 15.3 Å². The third kappa shape index (κ3) is 7.56. The molecule has 2 heterocycles. The Hall–Kier alpha value is -2.88. The van der Waals surface area contributed by atoms with Crippen LogP contribution < -0.4 is 15.4 Å². The molecule has 0 bridgehead atoms. The summed E-state index contributed by atoms with van der Waals surface area (Å²) in [6.45, 7) is 0.756. The first-order chi connectivity index (χ1) is 17.4. The van der Waals surface area contributed by atoms with Crippen molar-refractivity contribution in [2.75, 3.05) is 5.32 Å². The summed E-state index contributed by atoms with van der Waals surface area (Å²) in [5, 5.41) is 7.79.